The highest BCUT2D eigenvalue weighted by Crippen LogP contribution is 2.16. The molecule has 1 aromatic heterocycles. The van der Waals surface area contributed by atoms with E-state index in [0.717, 1.165) is 28.8 Å². The summed E-state index contributed by atoms with van der Waals surface area (Å²) in [4.78, 5) is 38.0. The number of aryl methyl sites for hydroxylation is 2. The van der Waals surface area contributed by atoms with Crippen LogP contribution in [0.2, 0.25) is 0 Å². The van der Waals surface area contributed by atoms with Gasteiger partial charge < -0.3 is 10.2 Å². The van der Waals surface area contributed by atoms with E-state index in [2.05, 4.69) is 27.1 Å². The number of benzene rings is 1. The Morgan fingerprint density at radius 2 is 1.71 bits per heavy atom. The average Bonchev–Trinajstić information content (AvgIpc) is 2.68. The number of nitrogens with one attached hydrogen (secondary N) is 1. The summed E-state index contributed by atoms with van der Waals surface area (Å²) >= 11 is 0. The zero-order chi connectivity index (χ0) is 20.3. The molecule has 1 N–H and O–H groups in total. The lowest BCUT2D eigenvalue weighted by Crippen LogP contribution is -2.51. The van der Waals surface area contributed by atoms with Crippen LogP contribution in [0.1, 0.15) is 42.0 Å². The molecule has 1 atom stereocenters. The van der Waals surface area contributed by atoms with Gasteiger partial charge in [-0.2, -0.15) is 0 Å². The Bertz CT molecular complexity index is 874. The zero-order valence-corrected chi connectivity index (χ0v) is 17.2. The number of aromatic nitrogens is 2. The molecule has 2 aromatic rings. The van der Waals surface area contributed by atoms with E-state index in [9.17, 15) is 9.59 Å². The third-order valence-electron chi connectivity index (χ3n) is 5.37. The molecule has 0 saturated carbocycles. The van der Waals surface area contributed by atoms with E-state index in [1.54, 1.807) is 0 Å². The van der Waals surface area contributed by atoms with Crippen LogP contribution in [-0.2, 0) is 4.79 Å². The molecule has 0 bridgehead atoms. The van der Waals surface area contributed by atoms with Gasteiger partial charge in [-0.15, -0.1) is 0 Å². The highest BCUT2D eigenvalue weighted by atomic mass is 16.2. The molecule has 3 rings (SSSR count). The third-order valence-corrected chi connectivity index (χ3v) is 5.37. The molecule has 1 unspecified atom stereocenters. The van der Waals surface area contributed by atoms with Crippen molar-refractivity contribution in [1.82, 2.24) is 25.1 Å². The number of carbonyl (C=O) groups excluding carboxylic acids is 2. The molecule has 7 nitrogen and oxygen atoms in total. The van der Waals surface area contributed by atoms with Gasteiger partial charge in [0, 0.05) is 37.8 Å². The first-order valence-electron chi connectivity index (χ1n) is 9.93. The SMILES string of the molecule is CCC(C)NC(=O)CN1CCN(C(=O)c2ccc3nc(C)c(C)nc3c2)CC1. The predicted octanol–water partition coefficient (Wildman–Crippen LogP) is 1.92. The number of nitrogens with zero attached hydrogens (tertiary/aromatic N) is 4. The van der Waals surface area contributed by atoms with Crippen LogP contribution < -0.4 is 5.32 Å². The first-order valence-corrected chi connectivity index (χ1v) is 9.93. The largest absolute Gasteiger partial charge is 0.353 e. The molecule has 0 aliphatic carbocycles. The molecule has 1 fully saturated rings. The molecule has 7 heteroatoms. The van der Waals surface area contributed by atoms with Crippen molar-refractivity contribution in [3.63, 3.8) is 0 Å². The predicted molar refractivity (Wildman–Crippen MR) is 109 cm³/mol. The molecule has 2 heterocycles. The summed E-state index contributed by atoms with van der Waals surface area (Å²) in [5.74, 6) is 0.0542. The van der Waals surface area contributed by atoms with Crippen LogP contribution in [0.25, 0.3) is 11.0 Å². The van der Waals surface area contributed by atoms with Crippen LogP contribution in [-0.4, -0.2) is 70.3 Å². The fourth-order valence-electron chi connectivity index (χ4n) is 3.28. The molecule has 1 aliphatic rings. The van der Waals surface area contributed by atoms with E-state index in [1.165, 1.54) is 0 Å². The number of fused-ring (bicyclic) bond motifs is 1. The summed E-state index contributed by atoms with van der Waals surface area (Å²) in [5, 5.41) is 2.99. The first kappa shape index (κ1) is 20.2. The molecule has 1 saturated heterocycles. The maximum absolute atomic E-state index is 12.9. The van der Waals surface area contributed by atoms with E-state index in [-0.39, 0.29) is 17.9 Å². The number of hydrogen-bond donors (Lipinski definition) is 1. The van der Waals surface area contributed by atoms with Crippen molar-refractivity contribution in [3.8, 4) is 0 Å². The molecule has 1 aliphatic heterocycles. The molecule has 0 radical (unpaired) electrons. The topological polar surface area (TPSA) is 78.4 Å². The standard InChI is InChI=1S/C21H29N5O2/c1-5-14(2)22-20(27)13-25-8-10-26(11-9-25)21(28)17-6-7-18-19(12-17)24-16(4)15(3)23-18/h6-7,12,14H,5,8-11,13H2,1-4H3,(H,22,27). The van der Waals surface area contributed by atoms with Crippen molar-refractivity contribution < 1.29 is 9.59 Å². The normalized spacial score (nSPS) is 16.2. The quantitative estimate of drug-likeness (QED) is 0.853. The summed E-state index contributed by atoms with van der Waals surface area (Å²) in [5.41, 5.74) is 3.96. The van der Waals surface area contributed by atoms with E-state index < -0.39 is 0 Å². The van der Waals surface area contributed by atoms with E-state index in [4.69, 9.17) is 0 Å². The minimum Gasteiger partial charge on any atom is -0.353 e. The number of hydrogen-bond acceptors (Lipinski definition) is 5. The van der Waals surface area contributed by atoms with Crippen molar-refractivity contribution in [1.29, 1.82) is 0 Å². The summed E-state index contributed by atoms with van der Waals surface area (Å²) in [6, 6.07) is 5.69. The lowest BCUT2D eigenvalue weighted by Gasteiger charge is -2.34. The Morgan fingerprint density at radius 3 is 2.36 bits per heavy atom. The van der Waals surface area contributed by atoms with Crippen molar-refractivity contribution in [2.45, 2.75) is 40.2 Å². The Kier molecular flexibility index (Phi) is 6.24. The van der Waals surface area contributed by atoms with Gasteiger partial charge >= 0.3 is 0 Å². The minimum absolute atomic E-state index is 0.00522. The molecule has 1 aromatic carbocycles. The van der Waals surface area contributed by atoms with Crippen molar-refractivity contribution >= 4 is 22.8 Å². The summed E-state index contributed by atoms with van der Waals surface area (Å²) in [7, 11) is 0. The Hall–Kier alpha value is -2.54. The van der Waals surface area contributed by atoms with Crippen LogP contribution in [0.5, 0.6) is 0 Å². The van der Waals surface area contributed by atoms with Gasteiger partial charge in [-0.3, -0.25) is 14.5 Å². The smallest absolute Gasteiger partial charge is 0.254 e. The van der Waals surface area contributed by atoms with Gasteiger partial charge in [0.15, 0.2) is 0 Å². The van der Waals surface area contributed by atoms with Crippen molar-refractivity contribution in [2.24, 2.45) is 0 Å². The number of carbonyl (C=O) groups is 2. The van der Waals surface area contributed by atoms with Crippen LogP contribution >= 0.6 is 0 Å². The Labute approximate surface area is 166 Å². The minimum atomic E-state index is 0.00522. The lowest BCUT2D eigenvalue weighted by molar-refractivity contribution is -0.123. The van der Waals surface area contributed by atoms with Crippen LogP contribution in [0.4, 0.5) is 0 Å². The maximum atomic E-state index is 12.9. The maximum Gasteiger partial charge on any atom is 0.254 e. The fourth-order valence-corrected chi connectivity index (χ4v) is 3.28. The molecule has 150 valence electrons. The number of piperazine rings is 1. The average molecular weight is 383 g/mol. The zero-order valence-electron chi connectivity index (χ0n) is 17.2. The van der Waals surface area contributed by atoms with Gasteiger partial charge in [0.2, 0.25) is 5.91 Å². The van der Waals surface area contributed by atoms with Gasteiger partial charge in [-0.25, -0.2) is 9.97 Å². The van der Waals surface area contributed by atoms with Gasteiger partial charge in [0.25, 0.3) is 5.91 Å². The highest BCUT2D eigenvalue weighted by molar-refractivity contribution is 5.97. The number of rotatable bonds is 5. The van der Waals surface area contributed by atoms with Gasteiger partial charge in [0.1, 0.15) is 0 Å². The Morgan fingerprint density at radius 1 is 1.07 bits per heavy atom. The van der Waals surface area contributed by atoms with E-state index >= 15 is 0 Å². The van der Waals surface area contributed by atoms with Gasteiger partial charge in [0.05, 0.1) is 29.0 Å². The molecule has 28 heavy (non-hydrogen) atoms. The molecular weight excluding hydrogens is 354 g/mol. The third kappa shape index (κ3) is 4.65. The summed E-state index contributed by atoms with van der Waals surface area (Å²) in [6.07, 6.45) is 0.920. The molecule has 2 amide bonds. The monoisotopic (exact) mass is 383 g/mol. The summed E-state index contributed by atoms with van der Waals surface area (Å²) < 4.78 is 0. The van der Waals surface area contributed by atoms with Crippen molar-refractivity contribution in [2.75, 3.05) is 32.7 Å². The van der Waals surface area contributed by atoms with Gasteiger partial charge in [-0.05, 0) is 45.4 Å². The second-order valence-corrected chi connectivity index (χ2v) is 7.54. The van der Waals surface area contributed by atoms with Crippen molar-refractivity contribution in [3.05, 3.63) is 35.2 Å². The molecular formula is C21H29N5O2. The molecule has 0 spiro atoms. The van der Waals surface area contributed by atoms with E-state index in [0.29, 0.717) is 38.3 Å². The summed E-state index contributed by atoms with van der Waals surface area (Å²) in [6.45, 7) is 10.9. The lowest BCUT2D eigenvalue weighted by atomic mass is 10.1. The fraction of sp³-hybridized carbons (Fsp3) is 0.524. The second kappa shape index (κ2) is 8.65. The van der Waals surface area contributed by atoms with Crippen LogP contribution in [0, 0.1) is 13.8 Å². The van der Waals surface area contributed by atoms with Gasteiger partial charge in [-0.1, -0.05) is 6.92 Å². The van der Waals surface area contributed by atoms with Crippen LogP contribution in [0.15, 0.2) is 18.2 Å². The van der Waals surface area contributed by atoms with Crippen LogP contribution in [0.3, 0.4) is 0 Å². The second-order valence-electron chi connectivity index (χ2n) is 7.54. The van der Waals surface area contributed by atoms with E-state index in [1.807, 2.05) is 43.9 Å². The number of amides is 2. The Balaban J connectivity index is 1.60. The highest BCUT2D eigenvalue weighted by Gasteiger charge is 2.24. The first-order chi connectivity index (χ1) is 13.4.